The number of hydrogen-bond donors (Lipinski definition) is 1. The molecule has 0 fully saturated rings. The third-order valence-corrected chi connectivity index (χ3v) is 2.94. The zero-order chi connectivity index (χ0) is 12.1. The second kappa shape index (κ2) is 5.85. The normalized spacial score (nSPS) is 14.9. The molecular weight excluding hydrogens is 202 g/mol. The highest BCUT2D eigenvalue weighted by atomic mass is 16.5. The lowest BCUT2D eigenvalue weighted by atomic mass is 9.89. The summed E-state index contributed by atoms with van der Waals surface area (Å²) in [5, 5.41) is 10.2. The lowest BCUT2D eigenvalue weighted by Crippen LogP contribution is -2.15. The molecule has 1 rings (SSSR count). The molecule has 1 aromatic rings. The van der Waals surface area contributed by atoms with Crippen LogP contribution in [0.2, 0.25) is 0 Å². The number of nitrogens with zero attached hydrogens (tertiary/aromatic N) is 1. The largest absolute Gasteiger partial charge is 0.492 e. The predicted octanol–water partition coefficient (Wildman–Crippen LogP) is 2.81. The van der Waals surface area contributed by atoms with Gasteiger partial charge in [0.25, 0.3) is 0 Å². The molecule has 0 spiro atoms. The van der Waals surface area contributed by atoms with Gasteiger partial charge in [-0.25, -0.2) is 0 Å². The van der Waals surface area contributed by atoms with Gasteiger partial charge in [0.2, 0.25) is 0 Å². The number of aliphatic hydroxyl groups excluding tert-OH is 1. The van der Waals surface area contributed by atoms with Gasteiger partial charge in [0.05, 0.1) is 18.9 Å². The highest BCUT2D eigenvalue weighted by Crippen LogP contribution is 2.28. The smallest absolute Gasteiger partial charge is 0.137 e. The quantitative estimate of drug-likeness (QED) is 0.834. The summed E-state index contributed by atoms with van der Waals surface area (Å²) in [6, 6.07) is 1.86. The highest BCUT2D eigenvalue weighted by Gasteiger charge is 2.20. The number of rotatable bonds is 5. The van der Waals surface area contributed by atoms with Crippen LogP contribution in [0.3, 0.4) is 0 Å². The molecule has 0 radical (unpaired) electrons. The molecule has 0 bridgehead atoms. The van der Waals surface area contributed by atoms with Gasteiger partial charge < -0.3 is 9.84 Å². The van der Waals surface area contributed by atoms with Crippen molar-refractivity contribution in [2.45, 2.75) is 33.8 Å². The van der Waals surface area contributed by atoms with Crippen molar-refractivity contribution in [2.75, 3.05) is 6.61 Å². The Balaban J connectivity index is 2.82. The molecule has 3 nitrogen and oxygen atoms in total. The maximum absolute atomic E-state index is 10.2. The molecule has 0 aromatic carbocycles. The van der Waals surface area contributed by atoms with Crippen molar-refractivity contribution in [3.05, 3.63) is 24.0 Å². The number of ether oxygens (including phenoxy) is 1. The molecular formula is C13H21NO2. The Labute approximate surface area is 97.5 Å². The second-order valence-corrected chi connectivity index (χ2v) is 4.43. The standard InChI is InChI=1S/C13H21NO2/c1-5-16-12-6-11(7-14-8-12)13(15)10(4)9(2)3/h6-10,13,15H,5H2,1-4H3. The molecule has 16 heavy (non-hydrogen) atoms. The van der Waals surface area contributed by atoms with Crippen LogP contribution in [0.1, 0.15) is 39.4 Å². The Bertz CT molecular complexity index is 325. The van der Waals surface area contributed by atoms with Gasteiger partial charge in [-0.15, -0.1) is 0 Å². The van der Waals surface area contributed by atoms with Gasteiger partial charge in [0, 0.05) is 11.8 Å². The molecule has 2 unspecified atom stereocenters. The summed E-state index contributed by atoms with van der Waals surface area (Å²) in [4.78, 5) is 4.08. The van der Waals surface area contributed by atoms with Crippen molar-refractivity contribution < 1.29 is 9.84 Å². The lowest BCUT2D eigenvalue weighted by molar-refractivity contribution is 0.0915. The van der Waals surface area contributed by atoms with Gasteiger partial charge in [0.15, 0.2) is 0 Å². The van der Waals surface area contributed by atoms with Crippen molar-refractivity contribution in [1.82, 2.24) is 4.98 Å². The summed E-state index contributed by atoms with van der Waals surface area (Å²) in [6.07, 6.45) is 2.89. The first-order valence-corrected chi connectivity index (χ1v) is 5.82. The van der Waals surface area contributed by atoms with E-state index >= 15 is 0 Å². The molecule has 0 aliphatic heterocycles. The Morgan fingerprint density at radius 2 is 2.00 bits per heavy atom. The average Bonchev–Trinajstić information content (AvgIpc) is 2.28. The van der Waals surface area contributed by atoms with Gasteiger partial charge in [-0.05, 0) is 24.8 Å². The SMILES string of the molecule is CCOc1cncc(C(O)C(C)C(C)C)c1. The summed E-state index contributed by atoms with van der Waals surface area (Å²) in [6.45, 7) is 8.80. The number of hydrogen-bond acceptors (Lipinski definition) is 3. The molecule has 3 heteroatoms. The van der Waals surface area contributed by atoms with Crippen LogP contribution in [-0.4, -0.2) is 16.7 Å². The van der Waals surface area contributed by atoms with E-state index in [9.17, 15) is 5.11 Å². The van der Waals surface area contributed by atoms with E-state index in [0.717, 1.165) is 11.3 Å². The van der Waals surface area contributed by atoms with Gasteiger partial charge in [-0.1, -0.05) is 20.8 Å². The van der Waals surface area contributed by atoms with Gasteiger partial charge in [-0.2, -0.15) is 0 Å². The Morgan fingerprint density at radius 1 is 1.31 bits per heavy atom. The van der Waals surface area contributed by atoms with Crippen molar-refractivity contribution in [1.29, 1.82) is 0 Å². The van der Waals surface area contributed by atoms with Crippen molar-refractivity contribution in [2.24, 2.45) is 11.8 Å². The third kappa shape index (κ3) is 3.20. The maximum Gasteiger partial charge on any atom is 0.137 e. The summed E-state index contributed by atoms with van der Waals surface area (Å²) in [5.41, 5.74) is 0.826. The predicted molar refractivity (Wildman–Crippen MR) is 64.4 cm³/mol. The van der Waals surface area contributed by atoms with Crippen LogP contribution in [0.25, 0.3) is 0 Å². The van der Waals surface area contributed by atoms with Crippen LogP contribution >= 0.6 is 0 Å². The minimum absolute atomic E-state index is 0.207. The van der Waals surface area contributed by atoms with Crippen LogP contribution < -0.4 is 4.74 Å². The fraction of sp³-hybridized carbons (Fsp3) is 0.615. The van der Waals surface area contributed by atoms with Crippen LogP contribution in [0.15, 0.2) is 18.5 Å². The first-order valence-electron chi connectivity index (χ1n) is 5.82. The van der Waals surface area contributed by atoms with E-state index in [1.165, 1.54) is 0 Å². The summed E-state index contributed by atoms with van der Waals surface area (Å²) in [7, 11) is 0. The van der Waals surface area contributed by atoms with Crippen LogP contribution in [-0.2, 0) is 0 Å². The van der Waals surface area contributed by atoms with E-state index in [1.54, 1.807) is 12.4 Å². The van der Waals surface area contributed by atoms with Gasteiger partial charge >= 0.3 is 0 Å². The Morgan fingerprint density at radius 3 is 2.56 bits per heavy atom. The number of aromatic nitrogens is 1. The first kappa shape index (κ1) is 13.0. The fourth-order valence-electron chi connectivity index (χ4n) is 1.51. The Hall–Kier alpha value is -1.09. The molecule has 0 aliphatic carbocycles. The van der Waals surface area contributed by atoms with Crippen LogP contribution in [0.5, 0.6) is 5.75 Å². The third-order valence-electron chi connectivity index (χ3n) is 2.94. The van der Waals surface area contributed by atoms with E-state index in [2.05, 4.69) is 18.8 Å². The minimum atomic E-state index is -0.479. The van der Waals surface area contributed by atoms with E-state index in [1.807, 2.05) is 19.9 Å². The maximum atomic E-state index is 10.2. The molecule has 0 aliphatic rings. The summed E-state index contributed by atoms with van der Waals surface area (Å²) < 4.78 is 5.36. The van der Waals surface area contributed by atoms with E-state index in [0.29, 0.717) is 12.5 Å². The first-order chi connectivity index (χ1) is 7.56. The average molecular weight is 223 g/mol. The molecule has 90 valence electrons. The molecule has 1 N–H and O–H groups in total. The lowest BCUT2D eigenvalue weighted by Gasteiger charge is -2.22. The zero-order valence-electron chi connectivity index (χ0n) is 10.5. The number of pyridine rings is 1. The molecule has 0 saturated heterocycles. The topological polar surface area (TPSA) is 42.4 Å². The van der Waals surface area contributed by atoms with E-state index in [-0.39, 0.29) is 5.92 Å². The highest BCUT2D eigenvalue weighted by molar-refractivity contribution is 5.25. The molecule has 1 heterocycles. The minimum Gasteiger partial charge on any atom is -0.492 e. The van der Waals surface area contributed by atoms with Crippen molar-refractivity contribution in [3.63, 3.8) is 0 Å². The van der Waals surface area contributed by atoms with Crippen LogP contribution in [0.4, 0.5) is 0 Å². The van der Waals surface area contributed by atoms with Crippen molar-refractivity contribution >= 4 is 0 Å². The monoisotopic (exact) mass is 223 g/mol. The molecule has 0 amide bonds. The van der Waals surface area contributed by atoms with E-state index < -0.39 is 6.10 Å². The fourth-order valence-corrected chi connectivity index (χ4v) is 1.51. The molecule has 2 atom stereocenters. The van der Waals surface area contributed by atoms with E-state index in [4.69, 9.17) is 4.74 Å². The summed E-state index contributed by atoms with van der Waals surface area (Å²) in [5.74, 6) is 1.36. The van der Waals surface area contributed by atoms with Gasteiger partial charge in [0.1, 0.15) is 5.75 Å². The molecule has 0 saturated carbocycles. The van der Waals surface area contributed by atoms with Crippen LogP contribution in [0, 0.1) is 11.8 Å². The number of aliphatic hydroxyl groups is 1. The second-order valence-electron chi connectivity index (χ2n) is 4.43. The molecule has 1 aromatic heterocycles. The summed E-state index contributed by atoms with van der Waals surface area (Å²) >= 11 is 0. The van der Waals surface area contributed by atoms with Crippen molar-refractivity contribution in [3.8, 4) is 5.75 Å². The zero-order valence-corrected chi connectivity index (χ0v) is 10.5. The van der Waals surface area contributed by atoms with Gasteiger partial charge in [-0.3, -0.25) is 4.98 Å². The Kier molecular flexibility index (Phi) is 4.74.